The van der Waals surface area contributed by atoms with Crippen LogP contribution in [-0.4, -0.2) is 0 Å². The van der Waals surface area contributed by atoms with E-state index < -0.39 is 0 Å². The van der Waals surface area contributed by atoms with Crippen molar-refractivity contribution < 1.29 is 4.42 Å². The molecule has 0 atom stereocenters. The number of rotatable bonds is 4. The molecule has 8 aromatic carbocycles. The minimum atomic E-state index is -0.0476. The van der Waals surface area contributed by atoms with Crippen molar-refractivity contribution in [3.05, 3.63) is 186 Å². The van der Waals surface area contributed by atoms with E-state index in [1.54, 1.807) is 0 Å². The molecule has 1 heterocycles. The summed E-state index contributed by atoms with van der Waals surface area (Å²) in [6.07, 6.45) is 0. The Morgan fingerprint density at radius 2 is 0.907 bits per heavy atom. The highest BCUT2D eigenvalue weighted by Crippen LogP contribution is 2.53. The summed E-state index contributed by atoms with van der Waals surface area (Å²) in [7, 11) is 0. The van der Waals surface area contributed by atoms with Gasteiger partial charge in [-0.3, -0.25) is 0 Å². The molecule has 0 bridgehead atoms. The predicted molar refractivity (Wildman–Crippen MR) is 226 cm³/mol. The molecule has 0 aliphatic heterocycles. The van der Waals surface area contributed by atoms with Crippen molar-refractivity contribution in [2.45, 2.75) is 38.5 Å². The van der Waals surface area contributed by atoms with Crippen LogP contribution in [0.3, 0.4) is 0 Å². The average molecular weight is 694 g/mol. The number of hydrogen-bond donors (Lipinski definition) is 0. The van der Waals surface area contributed by atoms with E-state index in [0.29, 0.717) is 0 Å². The Bertz CT molecular complexity index is 2890. The Kier molecular flexibility index (Phi) is 6.39. The maximum atomic E-state index is 6.24. The van der Waals surface area contributed by atoms with Crippen molar-refractivity contribution in [2.24, 2.45) is 0 Å². The summed E-state index contributed by atoms with van der Waals surface area (Å²) >= 11 is 0. The van der Waals surface area contributed by atoms with Crippen molar-refractivity contribution in [1.82, 2.24) is 0 Å². The molecular weight excluding hydrogens is 655 g/mol. The molecular formula is C52H39NO. The van der Waals surface area contributed by atoms with Crippen LogP contribution in [-0.2, 0) is 10.8 Å². The quantitative estimate of drug-likeness (QED) is 0.182. The molecule has 2 aliphatic carbocycles. The van der Waals surface area contributed by atoms with Gasteiger partial charge in [0, 0.05) is 38.7 Å². The van der Waals surface area contributed by atoms with Crippen LogP contribution in [0.1, 0.15) is 49.9 Å². The topological polar surface area (TPSA) is 16.4 Å². The third-order valence-corrected chi connectivity index (χ3v) is 12.5. The minimum absolute atomic E-state index is 0.0476. The fourth-order valence-electron chi connectivity index (χ4n) is 9.67. The van der Waals surface area contributed by atoms with Gasteiger partial charge in [-0.15, -0.1) is 0 Å². The Labute approximate surface area is 315 Å². The van der Waals surface area contributed by atoms with Gasteiger partial charge in [0.25, 0.3) is 0 Å². The molecule has 0 N–H and O–H groups in total. The zero-order chi connectivity index (χ0) is 36.3. The van der Waals surface area contributed by atoms with Gasteiger partial charge in [0.15, 0.2) is 0 Å². The van der Waals surface area contributed by atoms with Crippen molar-refractivity contribution >= 4 is 49.8 Å². The Morgan fingerprint density at radius 1 is 0.389 bits per heavy atom. The monoisotopic (exact) mass is 693 g/mol. The summed E-state index contributed by atoms with van der Waals surface area (Å²) in [6, 6.07) is 60.5. The van der Waals surface area contributed by atoms with Crippen molar-refractivity contribution in [1.29, 1.82) is 0 Å². The highest BCUT2D eigenvalue weighted by molar-refractivity contribution is 6.19. The van der Waals surface area contributed by atoms with Gasteiger partial charge in [0.05, 0.1) is 0 Å². The number of hydrogen-bond acceptors (Lipinski definition) is 2. The molecule has 0 radical (unpaired) electrons. The lowest BCUT2D eigenvalue weighted by molar-refractivity contribution is 0.660. The van der Waals surface area contributed by atoms with E-state index in [4.69, 9.17) is 4.42 Å². The van der Waals surface area contributed by atoms with Crippen LogP contribution in [0.15, 0.2) is 168 Å². The lowest BCUT2D eigenvalue weighted by Gasteiger charge is -2.28. The number of anilines is 3. The molecule has 0 amide bonds. The van der Waals surface area contributed by atoms with E-state index in [9.17, 15) is 0 Å². The van der Waals surface area contributed by atoms with Crippen LogP contribution in [0.4, 0.5) is 17.1 Å². The van der Waals surface area contributed by atoms with Gasteiger partial charge in [0.2, 0.25) is 0 Å². The number of benzene rings is 8. The molecule has 0 fully saturated rings. The molecule has 11 rings (SSSR count). The van der Waals surface area contributed by atoms with E-state index in [0.717, 1.165) is 33.6 Å². The molecule has 258 valence electrons. The summed E-state index contributed by atoms with van der Waals surface area (Å²) in [6.45, 7) is 9.39. The standard InChI is InChI=1S/C52H39NO/c1-51(2)44-14-8-5-11-38(44)42-30-36(24-26-46(42)51)53(37-25-27-47-43(31-37)39-12-6-9-15-45(39)52(47,3)4)35-22-19-32(20-23-35)34-18-17-33-21-28-49-50(41(33)29-34)40-13-7-10-16-48(40)54-49/h5-31H,1-4H3. The maximum Gasteiger partial charge on any atom is 0.136 e. The van der Waals surface area contributed by atoms with E-state index in [-0.39, 0.29) is 10.8 Å². The molecule has 1 aromatic heterocycles. The maximum absolute atomic E-state index is 6.24. The van der Waals surface area contributed by atoms with Crippen molar-refractivity contribution in [2.75, 3.05) is 4.90 Å². The van der Waals surface area contributed by atoms with Crippen LogP contribution < -0.4 is 4.90 Å². The molecule has 0 unspecified atom stereocenters. The van der Waals surface area contributed by atoms with Gasteiger partial charge in [0.1, 0.15) is 11.2 Å². The third kappa shape index (κ3) is 4.34. The molecule has 9 aromatic rings. The normalized spacial score (nSPS) is 14.6. The number of furan rings is 1. The van der Waals surface area contributed by atoms with Crippen LogP contribution in [0.25, 0.3) is 66.1 Å². The fourth-order valence-corrected chi connectivity index (χ4v) is 9.67. The zero-order valence-corrected chi connectivity index (χ0v) is 30.9. The Morgan fingerprint density at radius 3 is 1.56 bits per heavy atom. The van der Waals surface area contributed by atoms with E-state index in [1.807, 2.05) is 6.07 Å². The second-order valence-corrected chi connectivity index (χ2v) is 16.2. The first-order valence-corrected chi connectivity index (χ1v) is 19.0. The lowest BCUT2D eigenvalue weighted by atomic mass is 9.82. The Balaban J connectivity index is 1.06. The van der Waals surface area contributed by atoms with Crippen LogP contribution >= 0.6 is 0 Å². The van der Waals surface area contributed by atoms with Crippen molar-refractivity contribution in [3.63, 3.8) is 0 Å². The number of para-hydroxylation sites is 1. The van der Waals surface area contributed by atoms with Crippen LogP contribution in [0, 0.1) is 0 Å². The highest BCUT2D eigenvalue weighted by Gasteiger charge is 2.37. The largest absolute Gasteiger partial charge is 0.456 e. The van der Waals surface area contributed by atoms with Gasteiger partial charge >= 0.3 is 0 Å². The second-order valence-electron chi connectivity index (χ2n) is 16.2. The highest BCUT2D eigenvalue weighted by atomic mass is 16.3. The first-order valence-electron chi connectivity index (χ1n) is 19.0. The van der Waals surface area contributed by atoms with E-state index in [2.05, 4.69) is 190 Å². The molecule has 2 aliphatic rings. The van der Waals surface area contributed by atoms with Crippen molar-refractivity contribution in [3.8, 4) is 33.4 Å². The molecule has 54 heavy (non-hydrogen) atoms. The smallest absolute Gasteiger partial charge is 0.136 e. The van der Waals surface area contributed by atoms with Gasteiger partial charge in [-0.2, -0.15) is 0 Å². The van der Waals surface area contributed by atoms with E-state index >= 15 is 0 Å². The fraction of sp³-hybridized carbons (Fsp3) is 0.115. The summed E-state index contributed by atoms with van der Waals surface area (Å²) in [5, 5.41) is 4.75. The first kappa shape index (κ1) is 31.2. The minimum Gasteiger partial charge on any atom is -0.456 e. The van der Waals surface area contributed by atoms with Crippen LogP contribution in [0.2, 0.25) is 0 Å². The Hall–Kier alpha value is -6.38. The van der Waals surface area contributed by atoms with Gasteiger partial charge < -0.3 is 9.32 Å². The summed E-state index contributed by atoms with van der Waals surface area (Å²) < 4.78 is 6.24. The third-order valence-electron chi connectivity index (χ3n) is 12.5. The first-order chi connectivity index (χ1) is 26.3. The lowest BCUT2D eigenvalue weighted by Crippen LogP contribution is -2.16. The molecule has 0 spiro atoms. The average Bonchev–Trinajstić information content (AvgIpc) is 3.78. The van der Waals surface area contributed by atoms with Gasteiger partial charge in [-0.25, -0.2) is 0 Å². The number of fused-ring (bicyclic) bond motifs is 11. The molecule has 0 saturated carbocycles. The summed E-state index contributed by atoms with van der Waals surface area (Å²) in [4.78, 5) is 2.44. The summed E-state index contributed by atoms with van der Waals surface area (Å²) in [5.74, 6) is 0. The number of nitrogens with zero attached hydrogens (tertiary/aromatic N) is 1. The van der Waals surface area contributed by atoms with Gasteiger partial charge in [-0.05, 0) is 121 Å². The predicted octanol–water partition coefficient (Wildman–Crippen LogP) is 14.5. The summed E-state index contributed by atoms with van der Waals surface area (Å²) in [5.41, 5.74) is 18.4. The van der Waals surface area contributed by atoms with E-state index in [1.165, 1.54) is 71.8 Å². The van der Waals surface area contributed by atoms with Crippen LogP contribution in [0.5, 0.6) is 0 Å². The molecule has 2 nitrogen and oxygen atoms in total. The second kappa shape index (κ2) is 11.1. The zero-order valence-electron chi connectivity index (χ0n) is 30.9. The SMILES string of the molecule is CC1(C)c2ccccc2-c2cc(N(c3ccc(-c4ccc5ccc6oc7ccccc7c6c5c4)cc3)c3ccc4c(c3)-c3ccccc3C4(C)C)ccc21. The molecule has 0 saturated heterocycles. The van der Waals surface area contributed by atoms with Gasteiger partial charge in [-0.1, -0.05) is 137 Å². The molecule has 2 heteroatoms.